The Labute approximate surface area is 183 Å². The van der Waals surface area contributed by atoms with Gasteiger partial charge in [0.15, 0.2) is 0 Å². The van der Waals surface area contributed by atoms with Gasteiger partial charge in [0.1, 0.15) is 28.8 Å². The molecule has 1 aromatic heterocycles. The zero-order valence-corrected chi connectivity index (χ0v) is 17.4. The van der Waals surface area contributed by atoms with Crippen LogP contribution in [-0.4, -0.2) is 41.0 Å². The van der Waals surface area contributed by atoms with Gasteiger partial charge in [-0.3, -0.25) is 9.59 Å². The number of carbonyl (C=O) groups is 2. The van der Waals surface area contributed by atoms with E-state index in [9.17, 15) is 19.8 Å². The van der Waals surface area contributed by atoms with E-state index in [2.05, 4.69) is 0 Å². The van der Waals surface area contributed by atoms with Crippen LogP contribution in [-0.2, 0) is 16.1 Å². The van der Waals surface area contributed by atoms with Crippen LogP contribution in [0.4, 0.5) is 0 Å². The number of phenols is 1. The summed E-state index contributed by atoms with van der Waals surface area (Å²) in [4.78, 5) is 27.4. The van der Waals surface area contributed by atoms with Crippen LogP contribution in [0.25, 0.3) is 5.76 Å². The van der Waals surface area contributed by atoms with E-state index in [0.29, 0.717) is 22.8 Å². The standard InChI is InChI=1S/C24H21NO7/c1-30-16-9-10-19(31-2)18(12-16)22(27)20-21(14-5-7-15(26)8-6-14)25(24(29)23(20)28)13-17-4-3-11-32-17/h3-12,21,26-27H,13H2,1-2H3/b22-20+. The normalized spacial score (nSPS) is 17.6. The molecule has 0 bridgehead atoms. The number of Topliss-reactive ketones (excluding diaryl/α,β-unsaturated/α-hetero) is 1. The van der Waals surface area contributed by atoms with Crippen molar-refractivity contribution in [3.8, 4) is 17.2 Å². The molecule has 32 heavy (non-hydrogen) atoms. The summed E-state index contributed by atoms with van der Waals surface area (Å²) in [6.07, 6.45) is 1.47. The number of hydrogen-bond acceptors (Lipinski definition) is 7. The second-order valence-electron chi connectivity index (χ2n) is 7.16. The molecular formula is C24H21NO7. The Bertz CT molecular complexity index is 1180. The number of nitrogens with zero attached hydrogens (tertiary/aromatic N) is 1. The highest BCUT2D eigenvalue weighted by Gasteiger charge is 2.46. The lowest BCUT2D eigenvalue weighted by Gasteiger charge is -2.24. The van der Waals surface area contributed by atoms with Gasteiger partial charge in [0.25, 0.3) is 11.7 Å². The fourth-order valence-corrected chi connectivity index (χ4v) is 3.76. The highest BCUT2D eigenvalue weighted by atomic mass is 16.5. The van der Waals surface area contributed by atoms with Crippen LogP contribution in [0, 0.1) is 0 Å². The fraction of sp³-hybridized carbons (Fsp3) is 0.167. The topological polar surface area (TPSA) is 109 Å². The molecule has 2 heterocycles. The molecule has 0 saturated carbocycles. The van der Waals surface area contributed by atoms with Crippen molar-refractivity contribution in [1.29, 1.82) is 0 Å². The number of aliphatic hydroxyl groups excluding tert-OH is 1. The average Bonchev–Trinajstić information content (AvgIpc) is 3.41. The second-order valence-corrected chi connectivity index (χ2v) is 7.16. The summed E-state index contributed by atoms with van der Waals surface area (Å²) in [5, 5.41) is 20.9. The molecule has 1 saturated heterocycles. The van der Waals surface area contributed by atoms with Gasteiger partial charge in [-0.05, 0) is 48.0 Å². The predicted molar refractivity (Wildman–Crippen MR) is 114 cm³/mol. The number of ketones is 1. The average molecular weight is 435 g/mol. The molecule has 1 atom stereocenters. The lowest BCUT2D eigenvalue weighted by Crippen LogP contribution is -2.29. The summed E-state index contributed by atoms with van der Waals surface area (Å²) >= 11 is 0. The summed E-state index contributed by atoms with van der Waals surface area (Å²) in [6, 6.07) is 13.3. The Hall–Kier alpha value is -4.20. The first kappa shape index (κ1) is 21.0. The molecule has 1 unspecified atom stereocenters. The fourth-order valence-electron chi connectivity index (χ4n) is 3.76. The maximum atomic E-state index is 13.1. The molecule has 4 rings (SSSR count). The summed E-state index contributed by atoms with van der Waals surface area (Å²) in [5.74, 6) is -0.733. The van der Waals surface area contributed by atoms with Gasteiger partial charge >= 0.3 is 0 Å². The Morgan fingerprint density at radius 3 is 2.44 bits per heavy atom. The number of methoxy groups -OCH3 is 2. The first-order chi connectivity index (χ1) is 15.4. The quantitative estimate of drug-likeness (QED) is 0.346. The van der Waals surface area contributed by atoms with Crippen LogP contribution in [0.1, 0.15) is 22.9 Å². The molecule has 0 aliphatic carbocycles. The van der Waals surface area contributed by atoms with Gasteiger partial charge in [-0.2, -0.15) is 0 Å². The minimum atomic E-state index is -0.906. The second kappa shape index (κ2) is 8.50. The molecule has 2 aromatic carbocycles. The first-order valence-electron chi connectivity index (χ1n) is 9.76. The van der Waals surface area contributed by atoms with E-state index >= 15 is 0 Å². The molecular weight excluding hydrogens is 414 g/mol. The monoisotopic (exact) mass is 435 g/mol. The van der Waals surface area contributed by atoms with Crippen molar-refractivity contribution in [3.63, 3.8) is 0 Å². The van der Waals surface area contributed by atoms with E-state index in [1.807, 2.05) is 0 Å². The highest BCUT2D eigenvalue weighted by molar-refractivity contribution is 6.46. The van der Waals surface area contributed by atoms with E-state index in [4.69, 9.17) is 13.9 Å². The van der Waals surface area contributed by atoms with Crippen molar-refractivity contribution in [2.45, 2.75) is 12.6 Å². The van der Waals surface area contributed by atoms with Crippen LogP contribution < -0.4 is 9.47 Å². The van der Waals surface area contributed by atoms with Gasteiger partial charge in [0, 0.05) is 0 Å². The van der Waals surface area contributed by atoms with Crippen molar-refractivity contribution >= 4 is 17.4 Å². The van der Waals surface area contributed by atoms with Crippen molar-refractivity contribution in [1.82, 2.24) is 4.90 Å². The van der Waals surface area contributed by atoms with Gasteiger partial charge in [0.2, 0.25) is 0 Å². The lowest BCUT2D eigenvalue weighted by molar-refractivity contribution is -0.140. The molecule has 0 spiro atoms. The minimum Gasteiger partial charge on any atom is -0.508 e. The molecule has 2 N–H and O–H groups in total. The Morgan fingerprint density at radius 2 is 1.81 bits per heavy atom. The van der Waals surface area contributed by atoms with Gasteiger partial charge in [-0.25, -0.2) is 0 Å². The van der Waals surface area contributed by atoms with Crippen molar-refractivity contribution in [3.05, 3.63) is 83.3 Å². The number of carbonyl (C=O) groups excluding carboxylic acids is 2. The number of phenolic OH excluding ortho intramolecular Hbond substituents is 1. The van der Waals surface area contributed by atoms with E-state index in [1.54, 1.807) is 36.4 Å². The third kappa shape index (κ3) is 3.66. The summed E-state index contributed by atoms with van der Waals surface area (Å²) in [6.45, 7) is 0.0230. The number of furan rings is 1. The zero-order valence-electron chi connectivity index (χ0n) is 17.4. The van der Waals surface area contributed by atoms with Crippen LogP contribution in [0.3, 0.4) is 0 Å². The van der Waals surface area contributed by atoms with Crippen molar-refractivity contribution in [2.24, 2.45) is 0 Å². The number of amides is 1. The van der Waals surface area contributed by atoms with E-state index in [0.717, 1.165) is 0 Å². The number of rotatable bonds is 6. The molecule has 0 radical (unpaired) electrons. The SMILES string of the molecule is COc1ccc(OC)c(/C(O)=C2\C(=O)C(=O)N(Cc3ccco3)C2c2ccc(O)cc2)c1. The Balaban J connectivity index is 1.91. The summed E-state index contributed by atoms with van der Waals surface area (Å²) < 4.78 is 16.0. The molecule has 8 nitrogen and oxygen atoms in total. The lowest BCUT2D eigenvalue weighted by atomic mass is 9.95. The van der Waals surface area contributed by atoms with Gasteiger partial charge in [-0.15, -0.1) is 0 Å². The molecule has 1 aliphatic heterocycles. The van der Waals surface area contributed by atoms with Gasteiger partial charge < -0.3 is 29.0 Å². The molecule has 1 fully saturated rings. The first-order valence-corrected chi connectivity index (χ1v) is 9.76. The minimum absolute atomic E-state index is 0.0230. The largest absolute Gasteiger partial charge is 0.508 e. The van der Waals surface area contributed by atoms with E-state index < -0.39 is 17.7 Å². The Morgan fingerprint density at radius 1 is 1.06 bits per heavy atom. The molecule has 8 heteroatoms. The third-order valence-electron chi connectivity index (χ3n) is 5.32. The Kier molecular flexibility index (Phi) is 5.59. The summed E-state index contributed by atoms with van der Waals surface area (Å²) in [7, 11) is 2.91. The number of aromatic hydroxyl groups is 1. The molecule has 1 aliphatic rings. The molecule has 164 valence electrons. The van der Waals surface area contributed by atoms with Crippen LogP contribution in [0.5, 0.6) is 17.2 Å². The number of ether oxygens (including phenoxy) is 2. The third-order valence-corrected chi connectivity index (χ3v) is 5.32. The van der Waals surface area contributed by atoms with E-state index in [1.165, 1.54) is 43.6 Å². The highest BCUT2D eigenvalue weighted by Crippen LogP contribution is 2.42. The number of hydrogen-bond donors (Lipinski definition) is 2. The van der Waals surface area contributed by atoms with Crippen LogP contribution in [0.2, 0.25) is 0 Å². The van der Waals surface area contributed by atoms with Crippen LogP contribution in [0.15, 0.2) is 70.9 Å². The number of likely N-dealkylation sites (tertiary alicyclic amines) is 1. The predicted octanol–water partition coefficient (Wildman–Crippen LogP) is 3.62. The summed E-state index contributed by atoms with van der Waals surface area (Å²) in [5.41, 5.74) is 0.655. The molecule has 1 amide bonds. The maximum Gasteiger partial charge on any atom is 0.296 e. The smallest absolute Gasteiger partial charge is 0.296 e. The van der Waals surface area contributed by atoms with E-state index in [-0.39, 0.29) is 29.2 Å². The molecule has 3 aromatic rings. The zero-order chi connectivity index (χ0) is 22.8. The van der Waals surface area contributed by atoms with Crippen LogP contribution >= 0.6 is 0 Å². The number of aliphatic hydroxyl groups is 1. The van der Waals surface area contributed by atoms with Crippen molar-refractivity contribution in [2.75, 3.05) is 14.2 Å². The van der Waals surface area contributed by atoms with Gasteiger partial charge in [0.05, 0.1) is 44.2 Å². The maximum absolute atomic E-state index is 13.1. The van der Waals surface area contributed by atoms with Gasteiger partial charge in [-0.1, -0.05) is 12.1 Å². The number of benzene rings is 2. The van der Waals surface area contributed by atoms with Crippen molar-refractivity contribution < 1.29 is 33.7 Å².